The van der Waals surface area contributed by atoms with E-state index in [0.29, 0.717) is 0 Å². The molecule has 1 atom stereocenters. The summed E-state index contributed by atoms with van der Waals surface area (Å²) in [4.78, 5) is 22.5. The van der Waals surface area contributed by atoms with Crippen LogP contribution in [-0.4, -0.2) is 36.1 Å². The lowest BCUT2D eigenvalue weighted by atomic mass is 10.0. The number of fused-ring (bicyclic) bond motifs is 1. The highest BCUT2D eigenvalue weighted by Gasteiger charge is 2.31. The van der Waals surface area contributed by atoms with Gasteiger partial charge in [0.1, 0.15) is 11.9 Å². The Bertz CT molecular complexity index is 519. The van der Waals surface area contributed by atoms with Gasteiger partial charge in [-0.15, -0.1) is 0 Å². The Hall–Kier alpha value is -1.36. The van der Waals surface area contributed by atoms with E-state index in [1.165, 1.54) is 7.11 Å². The molecular weight excluding hydrogens is 278 g/mol. The van der Waals surface area contributed by atoms with Crippen molar-refractivity contribution < 1.29 is 9.53 Å². The minimum absolute atomic E-state index is 0.109. The van der Waals surface area contributed by atoms with E-state index in [1.54, 1.807) is 0 Å². The van der Waals surface area contributed by atoms with Crippen LogP contribution in [0, 0.1) is 5.92 Å². The third-order valence-corrected chi connectivity index (χ3v) is 3.88. The SMILES string of the molecule is COC(=O)C(C(C)C)N(C)c1nc(Cl)nc2c1CCC2. The van der Waals surface area contributed by atoms with E-state index in [0.717, 1.165) is 36.3 Å². The fourth-order valence-corrected chi connectivity index (χ4v) is 2.99. The third kappa shape index (κ3) is 2.73. The number of aromatic nitrogens is 2. The van der Waals surface area contributed by atoms with Gasteiger partial charge in [-0.3, -0.25) is 0 Å². The molecule has 1 unspecified atom stereocenters. The Morgan fingerprint density at radius 1 is 1.35 bits per heavy atom. The maximum atomic E-state index is 12.0. The van der Waals surface area contributed by atoms with E-state index < -0.39 is 0 Å². The van der Waals surface area contributed by atoms with Crippen molar-refractivity contribution in [2.24, 2.45) is 5.92 Å². The molecular formula is C14H20ClN3O2. The maximum absolute atomic E-state index is 12.0. The summed E-state index contributed by atoms with van der Waals surface area (Å²) >= 11 is 6.01. The van der Waals surface area contributed by atoms with Crippen molar-refractivity contribution >= 4 is 23.4 Å². The molecule has 110 valence electrons. The summed E-state index contributed by atoms with van der Waals surface area (Å²) in [7, 11) is 3.27. The maximum Gasteiger partial charge on any atom is 0.328 e. The number of rotatable bonds is 4. The molecule has 20 heavy (non-hydrogen) atoms. The summed E-state index contributed by atoms with van der Waals surface area (Å²) in [5, 5.41) is 0.236. The van der Waals surface area contributed by atoms with E-state index in [-0.39, 0.29) is 23.2 Å². The molecule has 1 aromatic rings. The Balaban J connectivity index is 2.42. The lowest BCUT2D eigenvalue weighted by Crippen LogP contribution is -2.44. The predicted octanol–water partition coefficient (Wildman–Crippen LogP) is 2.25. The summed E-state index contributed by atoms with van der Waals surface area (Å²) in [6.45, 7) is 3.97. The molecule has 1 aliphatic rings. The van der Waals surface area contributed by atoms with Crippen molar-refractivity contribution in [3.63, 3.8) is 0 Å². The second-order valence-corrected chi connectivity index (χ2v) is 5.76. The molecule has 0 aromatic carbocycles. The highest BCUT2D eigenvalue weighted by molar-refractivity contribution is 6.28. The number of esters is 1. The zero-order chi connectivity index (χ0) is 14.9. The zero-order valence-electron chi connectivity index (χ0n) is 12.3. The van der Waals surface area contributed by atoms with Gasteiger partial charge in [-0.05, 0) is 36.8 Å². The predicted molar refractivity (Wildman–Crippen MR) is 78.1 cm³/mol. The number of hydrogen-bond donors (Lipinski definition) is 0. The molecule has 0 amide bonds. The second-order valence-electron chi connectivity index (χ2n) is 5.42. The van der Waals surface area contributed by atoms with Gasteiger partial charge in [-0.25, -0.2) is 14.8 Å². The first kappa shape index (κ1) is 15.0. The normalized spacial score (nSPS) is 15.1. The Labute approximate surface area is 124 Å². The lowest BCUT2D eigenvalue weighted by Gasteiger charge is -2.31. The highest BCUT2D eigenvalue weighted by atomic mass is 35.5. The summed E-state index contributed by atoms with van der Waals surface area (Å²) in [5.74, 6) is 0.601. The number of aryl methyl sites for hydroxylation is 1. The number of carbonyl (C=O) groups excluding carboxylic acids is 1. The third-order valence-electron chi connectivity index (χ3n) is 3.71. The van der Waals surface area contributed by atoms with Crippen molar-refractivity contribution in [2.75, 3.05) is 19.1 Å². The first-order valence-electron chi connectivity index (χ1n) is 6.81. The van der Waals surface area contributed by atoms with Gasteiger partial charge in [0.15, 0.2) is 0 Å². The number of hydrogen-bond acceptors (Lipinski definition) is 5. The summed E-state index contributed by atoms with van der Waals surface area (Å²) in [6, 6.07) is -0.379. The van der Waals surface area contributed by atoms with Gasteiger partial charge in [-0.1, -0.05) is 13.8 Å². The number of ether oxygens (including phenoxy) is 1. The summed E-state index contributed by atoms with van der Waals surface area (Å²) in [5.41, 5.74) is 2.10. The van der Waals surface area contributed by atoms with E-state index in [4.69, 9.17) is 16.3 Å². The van der Waals surface area contributed by atoms with Crippen molar-refractivity contribution in [3.8, 4) is 0 Å². The van der Waals surface area contributed by atoms with Crippen molar-refractivity contribution in [2.45, 2.75) is 39.2 Å². The van der Waals surface area contributed by atoms with Crippen LogP contribution in [0.5, 0.6) is 0 Å². The smallest absolute Gasteiger partial charge is 0.328 e. The number of likely N-dealkylation sites (N-methyl/N-ethyl adjacent to an activating group) is 1. The lowest BCUT2D eigenvalue weighted by molar-refractivity contribution is -0.143. The van der Waals surface area contributed by atoms with Gasteiger partial charge in [0.25, 0.3) is 0 Å². The van der Waals surface area contributed by atoms with E-state index in [1.807, 2.05) is 25.8 Å². The molecule has 5 nitrogen and oxygen atoms in total. The first-order valence-corrected chi connectivity index (χ1v) is 7.19. The molecule has 0 aliphatic heterocycles. The standard InChI is InChI=1S/C14H20ClN3O2/c1-8(2)11(13(19)20-4)18(3)12-9-6-5-7-10(9)16-14(15)17-12/h8,11H,5-7H2,1-4H3. The van der Waals surface area contributed by atoms with Gasteiger partial charge in [0, 0.05) is 12.6 Å². The Morgan fingerprint density at radius 3 is 2.65 bits per heavy atom. The van der Waals surface area contributed by atoms with Gasteiger partial charge in [-0.2, -0.15) is 0 Å². The van der Waals surface area contributed by atoms with E-state index >= 15 is 0 Å². The summed E-state index contributed by atoms with van der Waals surface area (Å²) in [6.07, 6.45) is 2.90. The van der Waals surface area contributed by atoms with Crippen molar-refractivity contribution in [3.05, 3.63) is 16.5 Å². The second kappa shape index (κ2) is 5.95. The topological polar surface area (TPSA) is 55.3 Å². The molecule has 0 N–H and O–H groups in total. The van der Waals surface area contributed by atoms with Crippen LogP contribution in [-0.2, 0) is 22.4 Å². The fraction of sp³-hybridized carbons (Fsp3) is 0.643. The molecule has 2 rings (SSSR count). The molecule has 0 fully saturated rings. The molecule has 0 saturated heterocycles. The number of nitrogens with zero attached hydrogens (tertiary/aromatic N) is 3. The molecule has 1 aliphatic carbocycles. The Morgan fingerprint density at radius 2 is 2.05 bits per heavy atom. The van der Waals surface area contributed by atoms with Crippen LogP contribution in [0.15, 0.2) is 0 Å². The van der Waals surface area contributed by atoms with Crippen LogP contribution >= 0.6 is 11.6 Å². The molecule has 1 heterocycles. The number of methoxy groups -OCH3 is 1. The minimum Gasteiger partial charge on any atom is -0.467 e. The van der Waals surface area contributed by atoms with Crippen LogP contribution < -0.4 is 4.90 Å². The number of anilines is 1. The van der Waals surface area contributed by atoms with Crippen molar-refractivity contribution in [1.29, 1.82) is 0 Å². The molecule has 0 spiro atoms. The Kier molecular flexibility index (Phi) is 4.48. The van der Waals surface area contributed by atoms with E-state index in [2.05, 4.69) is 9.97 Å². The van der Waals surface area contributed by atoms with Gasteiger partial charge in [0.05, 0.1) is 12.8 Å². The first-order chi connectivity index (χ1) is 9.45. The van der Waals surface area contributed by atoms with Crippen LogP contribution in [0.3, 0.4) is 0 Å². The summed E-state index contributed by atoms with van der Waals surface area (Å²) < 4.78 is 4.91. The molecule has 0 bridgehead atoms. The molecule has 6 heteroatoms. The van der Waals surface area contributed by atoms with Crippen molar-refractivity contribution in [1.82, 2.24) is 9.97 Å². The van der Waals surface area contributed by atoms with Gasteiger partial charge in [0.2, 0.25) is 5.28 Å². The average molecular weight is 298 g/mol. The molecule has 1 aromatic heterocycles. The number of halogens is 1. The highest BCUT2D eigenvalue weighted by Crippen LogP contribution is 2.31. The minimum atomic E-state index is -0.379. The fourth-order valence-electron chi connectivity index (χ4n) is 2.80. The van der Waals surface area contributed by atoms with Crippen LogP contribution in [0.25, 0.3) is 0 Å². The monoisotopic (exact) mass is 297 g/mol. The average Bonchev–Trinajstić information content (AvgIpc) is 2.84. The van der Waals surface area contributed by atoms with Crippen LogP contribution in [0.4, 0.5) is 5.82 Å². The molecule has 0 saturated carbocycles. The molecule has 0 radical (unpaired) electrons. The van der Waals surface area contributed by atoms with Crippen LogP contribution in [0.2, 0.25) is 5.28 Å². The zero-order valence-corrected chi connectivity index (χ0v) is 13.1. The largest absolute Gasteiger partial charge is 0.467 e. The quantitative estimate of drug-likeness (QED) is 0.630. The van der Waals surface area contributed by atoms with Gasteiger partial charge < -0.3 is 9.64 Å². The number of carbonyl (C=O) groups is 1. The van der Waals surface area contributed by atoms with Crippen LogP contribution in [0.1, 0.15) is 31.5 Å². The van der Waals surface area contributed by atoms with E-state index in [9.17, 15) is 4.79 Å². The van der Waals surface area contributed by atoms with Gasteiger partial charge >= 0.3 is 5.97 Å².